The van der Waals surface area contributed by atoms with Gasteiger partial charge in [-0.3, -0.25) is 0 Å². The SMILES string of the molecule is CC(C)=CCOc1ccc2c(oc(=O)c3c4ccc(O[C@H]5O[C@@H](CO)[C@@H](O)[C@@H](O)[C@@H]5O)cc4oc23)c1O. The van der Waals surface area contributed by atoms with Gasteiger partial charge in [0.05, 0.1) is 12.0 Å². The average Bonchev–Trinajstić information content (AvgIpc) is 3.25. The first-order chi connectivity index (χ1) is 17.7. The summed E-state index contributed by atoms with van der Waals surface area (Å²) in [6.07, 6.45) is -5.36. The zero-order valence-electron chi connectivity index (χ0n) is 20.0. The van der Waals surface area contributed by atoms with Crippen LogP contribution in [0, 0.1) is 0 Å². The molecule has 2 aromatic carbocycles. The molecule has 2 aromatic heterocycles. The predicted molar refractivity (Wildman–Crippen MR) is 131 cm³/mol. The van der Waals surface area contributed by atoms with Crippen LogP contribution in [-0.4, -0.2) is 69.5 Å². The minimum atomic E-state index is -1.59. The molecule has 196 valence electrons. The minimum Gasteiger partial charge on any atom is -0.502 e. The van der Waals surface area contributed by atoms with E-state index < -0.39 is 42.9 Å². The van der Waals surface area contributed by atoms with Crippen molar-refractivity contribution in [3.8, 4) is 17.2 Å². The van der Waals surface area contributed by atoms with Crippen molar-refractivity contribution in [1.82, 2.24) is 0 Å². The summed E-state index contributed by atoms with van der Waals surface area (Å²) in [6, 6.07) is 7.68. The highest BCUT2D eigenvalue weighted by atomic mass is 16.7. The van der Waals surface area contributed by atoms with Gasteiger partial charge in [-0.1, -0.05) is 5.57 Å². The summed E-state index contributed by atoms with van der Waals surface area (Å²) < 4.78 is 28.0. The third-order valence-corrected chi connectivity index (χ3v) is 6.23. The van der Waals surface area contributed by atoms with Gasteiger partial charge >= 0.3 is 5.63 Å². The quantitative estimate of drug-likeness (QED) is 0.188. The van der Waals surface area contributed by atoms with Gasteiger partial charge in [0.25, 0.3) is 0 Å². The smallest absolute Gasteiger partial charge is 0.348 e. The molecule has 1 fully saturated rings. The predicted octanol–water partition coefficient (Wildman–Crippen LogP) is 1.92. The monoisotopic (exact) mass is 514 g/mol. The molecule has 0 bridgehead atoms. The molecule has 11 nitrogen and oxygen atoms in total. The fourth-order valence-corrected chi connectivity index (χ4v) is 4.23. The number of furan rings is 1. The molecule has 1 aliphatic rings. The van der Waals surface area contributed by atoms with Crippen LogP contribution in [0.5, 0.6) is 17.2 Å². The lowest BCUT2D eigenvalue weighted by molar-refractivity contribution is -0.277. The number of aliphatic hydroxyl groups excluding tert-OH is 4. The second-order valence-corrected chi connectivity index (χ2v) is 9.05. The van der Waals surface area contributed by atoms with Crippen molar-refractivity contribution < 1.29 is 48.6 Å². The van der Waals surface area contributed by atoms with Crippen molar-refractivity contribution in [2.75, 3.05) is 13.2 Å². The maximum absolute atomic E-state index is 12.9. The Bertz CT molecular complexity index is 1540. The number of benzene rings is 2. The van der Waals surface area contributed by atoms with E-state index >= 15 is 0 Å². The second-order valence-electron chi connectivity index (χ2n) is 9.05. The first kappa shape index (κ1) is 25.1. The molecule has 0 amide bonds. The maximum atomic E-state index is 12.9. The van der Waals surface area contributed by atoms with Gasteiger partial charge in [-0.15, -0.1) is 0 Å². The Hall–Kier alpha value is -3.61. The Morgan fingerprint density at radius 2 is 1.76 bits per heavy atom. The topological polar surface area (TPSA) is 172 Å². The lowest BCUT2D eigenvalue weighted by Gasteiger charge is -2.39. The normalized spacial score (nSPS) is 24.0. The number of hydrogen-bond acceptors (Lipinski definition) is 11. The molecule has 37 heavy (non-hydrogen) atoms. The number of fused-ring (bicyclic) bond motifs is 5. The first-order valence-corrected chi connectivity index (χ1v) is 11.6. The number of rotatable bonds is 6. The van der Waals surface area contributed by atoms with Gasteiger partial charge in [-0.25, -0.2) is 4.79 Å². The molecule has 1 aliphatic heterocycles. The molecule has 0 spiro atoms. The lowest BCUT2D eigenvalue weighted by atomic mass is 9.99. The summed E-state index contributed by atoms with van der Waals surface area (Å²) in [4.78, 5) is 12.9. The van der Waals surface area contributed by atoms with Crippen LogP contribution in [0.1, 0.15) is 13.8 Å². The zero-order valence-corrected chi connectivity index (χ0v) is 20.0. The summed E-state index contributed by atoms with van der Waals surface area (Å²) in [7, 11) is 0. The molecule has 4 aromatic rings. The third kappa shape index (κ3) is 4.41. The molecule has 0 unspecified atom stereocenters. The summed E-state index contributed by atoms with van der Waals surface area (Å²) >= 11 is 0. The van der Waals surface area contributed by atoms with Crippen LogP contribution in [0.3, 0.4) is 0 Å². The van der Waals surface area contributed by atoms with Gasteiger partial charge in [0, 0.05) is 11.5 Å². The number of allylic oxidation sites excluding steroid dienone is 1. The molecule has 0 saturated carbocycles. The van der Waals surface area contributed by atoms with Crippen LogP contribution in [0.4, 0.5) is 0 Å². The van der Waals surface area contributed by atoms with Crippen molar-refractivity contribution in [1.29, 1.82) is 0 Å². The summed E-state index contributed by atoms with van der Waals surface area (Å²) in [5, 5.41) is 51.2. The van der Waals surface area contributed by atoms with E-state index in [1.54, 1.807) is 18.2 Å². The van der Waals surface area contributed by atoms with Crippen LogP contribution in [0.15, 0.2) is 55.6 Å². The highest BCUT2D eigenvalue weighted by Gasteiger charge is 2.44. The highest BCUT2D eigenvalue weighted by molar-refractivity contribution is 6.14. The van der Waals surface area contributed by atoms with E-state index in [-0.39, 0.29) is 46.0 Å². The second kappa shape index (κ2) is 9.69. The Balaban J connectivity index is 1.52. The number of hydrogen-bond donors (Lipinski definition) is 5. The number of aliphatic hydroxyl groups is 4. The summed E-state index contributed by atoms with van der Waals surface area (Å²) in [6.45, 7) is 3.48. The van der Waals surface area contributed by atoms with E-state index in [0.29, 0.717) is 10.8 Å². The molecular formula is C26H26O11. The first-order valence-electron chi connectivity index (χ1n) is 11.6. The average molecular weight is 514 g/mol. The number of aromatic hydroxyl groups is 1. The van der Waals surface area contributed by atoms with Crippen molar-refractivity contribution in [3.63, 3.8) is 0 Å². The Morgan fingerprint density at radius 1 is 1.00 bits per heavy atom. The number of ether oxygens (including phenoxy) is 3. The fraction of sp³-hybridized carbons (Fsp3) is 0.346. The molecule has 11 heteroatoms. The van der Waals surface area contributed by atoms with Crippen molar-refractivity contribution in [3.05, 3.63) is 52.4 Å². The molecular weight excluding hydrogens is 488 g/mol. The van der Waals surface area contributed by atoms with Gasteiger partial charge < -0.3 is 48.6 Å². The van der Waals surface area contributed by atoms with E-state index in [1.807, 2.05) is 19.9 Å². The number of phenolic OH excluding ortho intramolecular Hbond substituents is 1. The van der Waals surface area contributed by atoms with Crippen molar-refractivity contribution >= 4 is 32.9 Å². The molecule has 1 saturated heterocycles. The van der Waals surface area contributed by atoms with Gasteiger partial charge in [-0.05, 0) is 44.2 Å². The van der Waals surface area contributed by atoms with E-state index in [9.17, 15) is 30.3 Å². The minimum absolute atomic E-state index is 0.0796. The lowest BCUT2D eigenvalue weighted by Crippen LogP contribution is -2.60. The zero-order chi connectivity index (χ0) is 26.4. The third-order valence-electron chi connectivity index (χ3n) is 6.23. The van der Waals surface area contributed by atoms with Crippen LogP contribution >= 0.6 is 0 Å². The van der Waals surface area contributed by atoms with Crippen molar-refractivity contribution in [2.45, 2.75) is 44.6 Å². The molecule has 5 rings (SSSR count). The standard InChI is InChI=1S/C26H26O11/c1-11(2)7-8-33-15-6-5-14-23-18(25(32)37-24(14)20(15)29)13-4-3-12(9-16(13)35-23)34-26-22(31)21(30)19(28)17(10-27)36-26/h3-7,9,17,19,21-22,26-31H,8,10H2,1-2H3/t17-,19+,21+,22-,26-/m0/s1. The Morgan fingerprint density at radius 3 is 2.49 bits per heavy atom. The van der Waals surface area contributed by atoms with Gasteiger partial charge in [0.15, 0.2) is 16.9 Å². The molecule has 3 heterocycles. The highest BCUT2D eigenvalue weighted by Crippen LogP contribution is 2.40. The number of phenols is 1. The fourth-order valence-electron chi connectivity index (χ4n) is 4.23. The van der Waals surface area contributed by atoms with Crippen LogP contribution in [0.2, 0.25) is 0 Å². The molecule has 0 aliphatic carbocycles. The van der Waals surface area contributed by atoms with Crippen molar-refractivity contribution in [2.24, 2.45) is 0 Å². The van der Waals surface area contributed by atoms with E-state index in [2.05, 4.69) is 0 Å². The molecule has 0 radical (unpaired) electrons. The van der Waals surface area contributed by atoms with Gasteiger partial charge in [0.1, 0.15) is 47.7 Å². The Labute approximate surface area is 209 Å². The van der Waals surface area contributed by atoms with E-state index in [1.165, 1.54) is 12.1 Å². The van der Waals surface area contributed by atoms with Crippen LogP contribution in [-0.2, 0) is 4.74 Å². The Kier molecular flexibility index (Phi) is 6.56. The van der Waals surface area contributed by atoms with Crippen LogP contribution in [0.25, 0.3) is 32.9 Å². The maximum Gasteiger partial charge on any atom is 0.348 e. The molecule has 5 atom stereocenters. The van der Waals surface area contributed by atoms with E-state index in [0.717, 1.165) is 5.57 Å². The summed E-state index contributed by atoms with van der Waals surface area (Å²) in [5.41, 5.74) is 0.688. The van der Waals surface area contributed by atoms with Gasteiger partial charge in [-0.2, -0.15) is 0 Å². The van der Waals surface area contributed by atoms with E-state index in [4.69, 9.17) is 23.0 Å². The van der Waals surface area contributed by atoms with Gasteiger partial charge in [0.2, 0.25) is 12.0 Å². The van der Waals surface area contributed by atoms with Crippen LogP contribution < -0.4 is 15.1 Å². The molecule has 5 N–H and O–H groups in total. The largest absolute Gasteiger partial charge is 0.502 e. The summed E-state index contributed by atoms with van der Waals surface area (Å²) in [5.74, 6) is -0.00744.